The number of aryl methyl sites for hydroxylation is 1. The molecule has 1 aliphatic rings. The van der Waals surface area contributed by atoms with Crippen LogP contribution in [0.2, 0.25) is 0 Å². The number of ether oxygens (including phenoxy) is 1. The highest BCUT2D eigenvalue weighted by Gasteiger charge is 2.22. The minimum Gasteiger partial charge on any atom is -0.492 e. The van der Waals surface area contributed by atoms with Gasteiger partial charge in [0.05, 0.1) is 12.3 Å². The molecule has 1 aliphatic heterocycles. The fraction of sp³-hybridized carbons (Fsp3) is 0.421. The van der Waals surface area contributed by atoms with Gasteiger partial charge in [-0.3, -0.25) is 4.79 Å². The van der Waals surface area contributed by atoms with Gasteiger partial charge in [0.25, 0.3) is 0 Å². The monoisotopic (exact) mass is 344 g/mol. The Hall–Kier alpha value is -2.01. The van der Waals surface area contributed by atoms with Crippen molar-refractivity contribution in [3.63, 3.8) is 0 Å². The van der Waals surface area contributed by atoms with E-state index in [1.165, 1.54) is 4.88 Å². The number of para-hydroxylation sites is 2. The third-order valence-electron chi connectivity index (χ3n) is 4.30. The first-order valence-corrected chi connectivity index (χ1v) is 9.43. The van der Waals surface area contributed by atoms with Crippen molar-refractivity contribution in [3.05, 3.63) is 46.7 Å². The van der Waals surface area contributed by atoms with Crippen molar-refractivity contribution in [2.24, 2.45) is 0 Å². The molecule has 1 amide bonds. The smallest absolute Gasteiger partial charge is 0.223 e. The summed E-state index contributed by atoms with van der Waals surface area (Å²) in [5, 5.41) is 2.06. The summed E-state index contributed by atoms with van der Waals surface area (Å²) in [5.41, 5.74) is 1.13. The first-order chi connectivity index (χ1) is 11.8. The number of hydrogen-bond donors (Lipinski definition) is 0. The second-order valence-electron chi connectivity index (χ2n) is 5.85. The summed E-state index contributed by atoms with van der Waals surface area (Å²) < 4.78 is 5.72. The Morgan fingerprint density at radius 1 is 1.12 bits per heavy atom. The molecule has 0 unspecified atom stereocenters. The highest BCUT2D eigenvalue weighted by molar-refractivity contribution is 7.09. The van der Waals surface area contributed by atoms with Gasteiger partial charge in [0.1, 0.15) is 5.75 Å². The van der Waals surface area contributed by atoms with Crippen LogP contribution in [0.5, 0.6) is 5.75 Å². The zero-order valence-corrected chi connectivity index (χ0v) is 14.9. The zero-order chi connectivity index (χ0) is 16.8. The van der Waals surface area contributed by atoms with Crippen LogP contribution in [-0.4, -0.2) is 43.6 Å². The standard InChI is InChI=1S/C19H24N2O2S/c1-2-23-18-8-4-3-7-17(18)20-11-13-21(14-12-20)19(22)10-9-16-6-5-15-24-16/h3-8,15H,2,9-14H2,1H3. The first kappa shape index (κ1) is 16.8. The SMILES string of the molecule is CCOc1ccccc1N1CCN(C(=O)CCc2cccs2)CC1. The van der Waals surface area contributed by atoms with Crippen LogP contribution in [0.15, 0.2) is 41.8 Å². The number of rotatable bonds is 6. The van der Waals surface area contributed by atoms with Gasteiger partial charge in [-0.1, -0.05) is 18.2 Å². The molecule has 1 fully saturated rings. The molecule has 0 aliphatic carbocycles. The average Bonchev–Trinajstić information content (AvgIpc) is 3.14. The van der Waals surface area contributed by atoms with Gasteiger partial charge in [-0.05, 0) is 36.9 Å². The molecule has 0 radical (unpaired) electrons. The lowest BCUT2D eigenvalue weighted by Gasteiger charge is -2.36. The van der Waals surface area contributed by atoms with Crippen LogP contribution in [0.25, 0.3) is 0 Å². The topological polar surface area (TPSA) is 32.8 Å². The Balaban J connectivity index is 1.53. The van der Waals surface area contributed by atoms with E-state index in [-0.39, 0.29) is 5.91 Å². The minimum atomic E-state index is 0.265. The van der Waals surface area contributed by atoms with Gasteiger partial charge in [0, 0.05) is 37.5 Å². The van der Waals surface area contributed by atoms with E-state index in [0.29, 0.717) is 13.0 Å². The van der Waals surface area contributed by atoms with Crippen LogP contribution < -0.4 is 9.64 Å². The highest BCUT2D eigenvalue weighted by atomic mass is 32.1. The summed E-state index contributed by atoms with van der Waals surface area (Å²) >= 11 is 1.72. The maximum Gasteiger partial charge on any atom is 0.223 e. The lowest BCUT2D eigenvalue weighted by atomic mass is 10.2. The predicted octanol–water partition coefficient (Wildman–Crippen LogP) is 3.43. The molecule has 2 aromatic rings. The normalized spacial score (nSPS) is 14.7. The summed E-state index contributed by atoms with van der Waals surface area (Å²) in [6.07, 6.45) is 1.46. The molecule has 1 saturated heterocycles. The van der Waals surface area contributed by atoms with Crippen LogP contribution >= 0.6 is 11.3 Å². The molecular formula is C19H24N2O2S. The van der Waals surface area contributed by atoms with Crippen molar-refractivity contribution in [1.82, 2.24) is 4.90 Å². The fourth-order valence-electron chi connectivity index (χ4n) is 3.04. The van der Waals surface area contributed by atoms with E-state index < -0.39 is 0 Å². The Bertz CT molecular complexity index is 649. The Morgan fingerprint density at radius 2 is 1.92 bits per heavy atom. The van der Waals surface area contributed by atoms with Gasteiger partial charge >= 0.3 is 0 Å². The largest absolute Gasteiger partial charge is 0.492 e. The minimum absolute atomic E-state index is 0.265. The molecule has 0 atom stereocenters. The van der Waals surface area contributed by atoms with Crippen molar-refractivity contribution < 1.29 is 9.53 Å². The number of carbonyl (C=O) groups is 1. The van der Waals surface area contributed by atoms with Crippen molar-refractivity contribution in [2.45, 2.75) is 19.8 Å². The molecule has 24 heavy (non-hydrogen) atoms. The molecule has 0 N–H and O–H groups in total. The van der Waals surface area contributed by atoms with Crippen LogP contribution in [-0.2, 0) is 11.2 Å². The summed E-state index contributed by atoms with van der Waals surface area (Å²) in [7, 11) is 0. The van der Waals surface area contributed by atoms with Crippen LogP contribution in [0, 0.1) is 0 Å². The van der Waals surface area contributed by atoms with Crippen LogP contribution in [0.4, 0.5) is 5.69 Å². The van der Waals surface area contributed by atoms with Gasteiger partial charge in [-0.15, -0.1) is 11.3 Å². The zero-order valence-electron chi connectivity index (χ0n) is 14.1. The number of hydrogen-bond acceptors (Lipinski definition) is 4. The van der Waals surface area contributed by atoms with E-state index in [2.05, 4.69) is 22.4 Å². The van der Waals surface area contributed by atoms with E-state index in [1.807, 2.05) is 36.1 Å². The maximum atomic E-state index is 12.4. The molecule has 128 valence electrons. The van der Waals surface area contributed by atoms with Crippen molar-refractivity contribution in [1.29, 1.82) is 0 Å². The van der Waals surface area contributed by atoms with E-state index in [9.17, 15) is 4.79 Å². The van der Waals surface area contributed by atoms with E-state index in [4.69, 9.17) is 4.74 Å². The van der Waals surface area contributed by atoms with Crippen molar-refractivity contribution in [2.75, 3.05) is 37.7 Å². The number of thiophene rings is 1. The quantitative estimate of drug-likeness (QED) is 0.805. The summed E-state index contributed by atoms with van der Waals surface area (Å²) in [6.45, 7) is 5.94. The number of carbonyl (C=O) groups excluding carboxylic acids is 1. The number of piperazine rings is 1. The lowest BCUT2D eigenvalue weighted by Crippen LogP contribution is -2.48. The molecule has 0 saturated carbocycles. The Morgan fingerprint density at radius 3 is 2.62 bits per heavy atom. The third-order valence-corrected chi connectivity index (χ3v) is 5.24. The summed E-state index contributed by atoms with van der Waals surface area (Å²) in [5.74, 6) is 1.19. The molecule has 3 rings (SSSR count). The molecular weight excluding hydrogens is 320 g/mol. The molecule has 4 nitrogen and oxygen atoms in total. The molecule has 0 spiro atoms. The first-order valence-electron chi connectivity index (χ1n) is 8.55. The number of benzene rings is 1. The second-order valence-corrected chi connectivity index (χ2v) is 6.88. The molecule has 1 aromatic heterocycles. The molecule has 1 aromatic carbocycles. The number of nitrogens with zero attached hydrogens (tertiary/aromatic N) is 2. The van der Waals surface area contributed by atoms with Crippen molar-refractivity contribution >= 4 is 22.9 Å². The van der Waals surface area contributed by atoms with Gasteiger partial charge in [0.2, 0.25) is 5.91 Å². The fourth-order valence-corrected chi connectivity index (χ4v) is 3.74. The number of amides is 1. The molecule has 5 heteroatoms. The van der Waals surface area contributed by atoms with Gasteiger partial charge in [0.15, 0.2) is 0 Å². The van der Waals surface area contributed by atoms with Crippen molar-refractivity contribution in [3.8, 4) is 5.75 Å². The summed E-state index contributed by atoms with van der Waals surface area (Å²) in [4.78, 5) is 18.0. The van der Waals surface area contributed by atoms with Gasteiger partial charge in [-0.25, -0.2) is 0 Å². The Kier molecular flexibility index (Phi) is 5.75. The second kappa shape index (κ2) is 8.20. The lowest BCUT2D eigenvalue weighted by molar-refractivity contribution is -0.131. The predicted molar refractivity (Wildman–Crippen MR) is 99.0 cm³/mol. The van der Waals surface area contributed by atoms with E-state index in [0.717, 1.165) is 44.0 Å². The van der Waals surface area contributed by atoms with Gasteiger partial charge < -0.3 is 14.5 Å². The third kappa shape index (κ3) is 4.09. The maximum absolute atomic E-state index is 12.4. The molecule has 2 heterocycles. The van der Waals surface area contributed by atoms with Gasteiger partial charge in [-0.2, -0.15) is 0 Å². The van der Waals surface area contributed by atoms with E-state index in [1.54, 1.807) is 11.3 Å². The highest BCUT2D eigenvalue weighted by Crippen LogP contribution is 2.28. The Labute approximate surface area is 147 Å². The number of anilines is 1. The van der Waals surface area contributed by atoms with Crippen LogP contribution in [0.3, 0.4) is 0 Å². The molecule has 0 bridgehead atoms. The average molecular weight is 344 g/mol. The van der Waals surface area contributed by atoms with E-state index >= 15 is 0 Å². The van der Waals surface area contributed by atoms with Crippen LogP contribution in [0.1, 0.15) is 18.2 Å². The summed E-state index contributed by atoms with van der Waals surface area (Å²) in [6, 6.07) is 12.3.